The molecule has 1 saturated carbocycles. The first-order valence-electron chi connectivity index (χ1n) is 13.7. The van der Waals surface area contributed by atoms with Crippen LogP contribution in [0.3, 0.4) is 0 Å². The van der Waals surface area contributed by atoms with Crippen molar-refractivity contribution in [1.29, 1.82) is 0 Å². The molecule has 5 N–H and O–H groups in total. The average molecular weight is 592 g/mol. The average Bonchev–Trinajstić information content (AvgIpc) is 3.23. The van der Waals surface area contributed by atoms with Crippen molar-refractivity contribution in [1.82, 2.24) is 24.8 Å². The number of rotatable bonds is 10. The van der Waals surface area contributed by atoms with E-state index < -0.39 is 12.1 Å². The van der Waals surface area contributed by atoms with Gasteiger partial charge in [-0.2, -0.15) is 0 Å². The lowest BCUT2D eigenvalue weighted by Crippen LogP contribution is -2.42. The summed E-state index contributed by atoms with van der Waals surface area (Å²) < 4.78 is 13.3. The molecule has 1 aliphatic rings. The fourth-order valence-electron chi connectivity index (χ4n) is 4.41. The van der Waals surface area contributed by atoms with Gasteiger partial charge in [-0.05, 0) is 31.0 Å². The predicted octanol–water partition coefficient (Wildman–Crippen LogP) is 4.39. The minimum Gasteiger partial charge on any atom is -0.476 e. The first kappa shape index (κ1) is 28.1. The molecule has 5 aromatic rings. The number of hydrogen-bond donors (Lipinski definition) is 5. The summed E-state index contributed by atoms with van der Waals surface area (Å²) in [5, 5.41) is 31.3. The fraction of sp³-hybridized carbons (Fsp3) is 0.379. The zero-order valence-electron chi connectivity index (χ0n) is 23.5. The molecule has 13 heteroatoms. The van der Waals surface area contributed by atoms with E-state index in [9.17, 15) is 9.90 Å². The van der Waals surface area contributed by atoms with Crippen molar-refractivity contribution >= 4 is 44.2 Å². The summed E-state index contributed by atoms with van der Waals surface area (Å²) in [7, 11) is 0. The van der Waals surface area contributed by atoms with E-state index in [1.807, 2.05) is 67.8 Å². The Morgan fingerprint density at radius 3 is 2.64 bits per heavy atom. The molecule has 220 valence electrons. The quantitative estimate of drug-likeness (QED) is 0.159. The van der Waals surface area contributed by atoms with E-state index in [2.05, 4.69) is 26.1 Å². The van der Waals surface area contributed by atoms with Crippen molar-refractivity contribution in [3.63, 3.8) is 0 Å². The van der Waals surface area contributed by atoms with Gasteiger partial charge in [-0.1, -0.05) is 49.4 Å². The summed E-state index contributed by atoms with van der Waals surface area (Å²) in [6, 6.07) is 12.6. The smallest absolute Gasteiger partial charge is 0.324 e. The summed E-state index contributed by atoms with van der Waals surface area (Å²) in [6.45, 7) is 6.53. The molecule has 1 fully saturated rings. The van der Waals surface area contributed by atoms with Gasteiger partial charge in [0, 0.05) is 41.5 Å². The Morgan fingerprint density at radius 2 is 1.95 bits per heavy atom. The number of anilines is 2. The molecule has 0 spiro atoms. The number of fused-ring (bicyclic) bond motifs is 3. The molecule has 1 atom stereocenters. The highest BCUT2D eigenvalue weighted by Crippen LogP contribution is 2.36. The van der Waals surface area contributed by atoms with Gasteiger partial charge in [0.05, 0.1) is 29.5 Å². The lowest BCUT2D eigenvalue weighted by molar-refractivity contribution is 0.0879. The van der Waals surface area contributed by atoms with E-state index in [0.29, 0.717) is 36.3 Å². The molecule has 0 aliphatic heterocycles. The number of carbonyl (C=O) groups is 1. The van der Waals surface area contributed by atoms with Crippen LogP contribution < -0.4 is 20.7 Å². The highest BCUT2D eigenvalue weighted by atomic mass is 32.1. The number of aromatic nitrogens is 4. The zero-order chi connectivity index (χ0) is 29.5. The van der Waals surface area contributed by atoms with Crippen LogP contribution in [0.1, 0.15) is 39.4 Å². The number of carbonyl (C=O) groups excluding carboxylic acids is 1. The Hall–Kier alpha value is -4.04. The van der Waals surface area contributed by atoms with Crippen LogP contribution in [0.2, 0.25) is 0 Å². The highest BCUT2D eigenvalue weighted by Gasteiger charge is 2.43. The molecule has 12 nitrogen and oxygen atoms in total. The molecule has 6 rings (SSSR count). The normalized spacial score (nSPS) is 15.2. The highest BCUT2D eigenvalue weighted by molar-refractivity contribution is 7.23. The van der Waals surface area contributed by atoms with Crippen LogP contribution in [0.4, 0.5) is 16.3 Å². The maximum Gasteiger partial charge on any atom is 0.324 e. The van der Waals surface area contributed by atoms with Crippen molar-refractivity contribution in [2.45, 2.75) is 50.7 Å². The first-order chi connectivity index (χ1) is 20.1. The van der Waals surface area contributed by atoms with Gasteiger partial charge in [-0.25, -0.2) is 14.8 Å². The van der Waals surface area contributed by atoms with E-state index in [1.54, 1.807) is 6.07 Å². The second-order valence-corrected chi connectivity index (χ2v) is 12.6. The van der Waals surface area contributed by atoms with Gasteiger partial charge in [0.15, 0.2) is 10.8 Å². The van der Waals surface area contributed by atoms with Crippen molar-refractivity contribution in [3.05, 3.63) is 54.4 Å². The van der Waals surface area contributed by atoms with E-state index >= 15 is 0 Å². The third-order valence-corrected chi connectivity index (χ3v) is 8.10. The molecular weight excluding hydrogens is 558 g/mol. The Balaban J connectivity index is 1.08. The molecule has 1 aromatic carbocycles. The number of imidazole rings is 1. The van der Waals surface area contributed by atoms with Crippen molar-refractivity contribution in [2.75, 3.05) is 30.4 Å². The van der Waals surface area contributed by atoms with Crippen LogP contribution in [0.25, 0.3) is 26.6 Å². The number of hydrogen-bond acceptors (Lipinski definition) is 10. The van der Waals surface area contributed by atoms with Crippen LogP contribution in [0, 0.1) is 0 Å². The minimum absolute atomic E-state index is 0.173. The number of ether oxygens (including phenoxy) is 1. The van der Waals surface area contributed by atoms with Gasteiger partial charge >= 0.3 is 6.03 Å². The topological polar surface area (TPSA) is 159 Å². The van der Waals surface area contributed by atoms with E-state index in [4.69, 9.17) is 19.4 Å². The number of β-amino-alcohol motifs (C(OH)–C–C–N with tert-alkyl or cyclic N) is 1. The van der Waals surface area contributed by atoms with E-state index in [0.717, 1.165) is 39.4 Å². The lowest BCUT2D eigenvalue weighted by atomic mass is 9.93. The number of aliphatic hydroxyl groups excluding tert-OH is 2. The summed E-state index contributed by atoms with van der Waals surface area (Å²) in [5.74, 6) is 1.58. The molecule has 0 radical (unpaired) electrons. The number of nitrogens with zero attached hydrogens (tertiary/aromatic N) is 4. The van der Waals surface area contributed by atoms with Crippen LogP contribution in [-0.4, -0.2) is 67.2 Å². The van der Waals surface area contributed by atoms with E-state index in [1.165, 1.54) is 11.3 Å². The first-order valence-corrected chi connectivity index (χ1v) is 14.5. The van der Waals surface area contributed by atoms with Gasteiger partial charge in [-0.15, -0.1) is 0 Å². The SMILES string of the molecule is CC(C)(C)c1cc(NC(=O)Nc2ccc(-c3cn4c(n3)sc3nc(OCC5(NC[C@@H](O)CO)CC5)ccc34)cc2)no1. The number of amides is 2. The lowest BCUT2D eigenvalue weighted by Gasteiger charge is -2.19. The molecular formula is C29H33N7O5S. The molecule has 2 amide bonds. The second kappa shape index (κ2) is 11.0. The van der Waals surface area contributed by atoms with E-state index in [-0.39, 0.29) is 17.6 Å². The molecule has 42 heavy (non-hydrogen) atoms. The summed E-state index contributed by atoms with van der Waals surface area (Å²) >= 11 is 1.48. The second-order valence-electron chi connectivity index (χ2n) is 11.6. The molecule has 1 aliphatic carbocycles. The summed E-state index contributed by atoms with van der Waals surface area (Å²) in [6.07, 6.45) is 3.10. The van der Waals surface area contributed by atoms with Gasteiger partial charge in [0.1, 0.15) is 17.2 Å². The summed E-state index contributed by atoms with van der Waals surface area (Å²) in [4.78, 5) is 23.5. The molecule has 4 aromatic heterocycles. The number of nitrogens with one attached hydrogen (secondary N) is 3. The number of urea groups is 1. The minimum atomic E-state index is -0.779. The van der Waals surface area contributed by atoms with Crippen molar-refractivity contribution in [3.8, 4) is 17.1 Å². The van der Waals surface area contributed by atoms with Crippen molar-refractivity contribution in [2.24, 2.45) is 0 Å². The Labute approximate surface area is 245 Å². The molecule has 4 heterocycles. The number of thiazole rings is 1. The maximum absolute atomic E-state index is 12.4. The fourth-order valence-corrected chi connectivity index (χ4v) is 5.39. The van der Waals surface area contributed by atoms with Crippen LogP contribution in [0.15, 0.2) is 53.2 Å². The standard InChI is InChI=1S/C29H33N7O5S/c1-28(2,3)22-12-23(35-41-22)33-26(39)31-18-6-4-17(5-7-18)20-14-36-21-8-9-24(34-25(21)42-27(36)32-20)40-16-29(10-11-29)30-13-19(38)15-37/h4-9,12,14,19,30,37-38H,10-11,13,15-16H2,1-3H3,(H2,31,33,35,39)/t19-/m1/s1. The molecule has 0 bridgehead atoms. The molecule has 0 unspecified atom stereocenters. The monoisotopic (exact) mass is 591 g/mol. The van der Waals surface area contributed by atoms with Crippen molar-refractivity contribution < 1.29 is 24.3 Å². The van der Waals surface area contributed by atoms with Gasteiger partial charge in [-0.3, -0.25) is 9.72 Å². The Morgan fingerprint density at radius 1 is 1.17 bits per heavy atom. The third kappa shape index (κ3) is 6.09. The van der Waals surface area contributed by atoms with Gasteiger partial charge in [0.25, 0.3) is 0 Å². The van der Waals surface area contributed by atoms with Gasteiger partial charge in [0.2, 0.25) is 5.88 Å². The Bertz CT molecular complexity index is 1720. The maximum atomic E-state index is 12.4. The summed E-state index contributed by atoms with van der Waals surface area (Å²) in [5.41, 5.74) is 2.91. The third-order valence-electron chi connectivity index (χ3n) is 7.14. The number of benzene rings is 1. The van der Waals surface area contributed by atoms with Crippen LogP contribution in [0.5, 0.6) is 5.88 Å². The number of aliphatic hydroxyl groups is 2. The predicted molar refractivity (Wildman–Crippen MR) is 160 cm³/mol. The molecule has 0 saturated heterocycles. The van der Waals surface area contributed by atoms with Crippen LogP contribution in [-0.2, 0) is 5.41 Å². The van der Waals surface area contributed by atoms with Gasteiger partial charge < -0.3 is 30.1 Å². The number of pyridine rings is 1. The zero-order valence-corrected chi connectivity index (χ0v) is 24.4. The largest absolute Gasteiger partial charge is 0.476 e. The van der Waals surface area contributed by atoms with Crippen LogP contribution >= 0.6 is 11.3 Å². The Kier molecular flexibility index (Phi) is 7.35.